The van der Waals surface area contributed by atoms with Gasteiger partial charge in [0.05, 0.1) is 48.3 Å². The Kier molecular flexibility index (Phi) is 11.8. The second kappa shape index (κ2) is 14.6. The normalized spacial score (nSPS) is 12.7. The van der Waals surface area contributed by atoms with Crippen LogP contribution in [0.2, 0.25) is 0 Å². The number of methoxy groups -OCH3 is 4. The van der Waals surface area contributed by atoms with E-state index in [4.69, 9.17) is 33.5 Å². The number of aliphatic hydroxyl groups excluding tert-OH is 5. The fraction of sp³-hybridized carbons (Fsp3) is 0.520. The molecule has 2 unspecified atom stereocenters. The Bertz CT molecular complexity index is 896. The number of aliphatic hydroxyl groups is 5. The summed E-state index contributed by atoms with van der Waals surface area (Å²) in [7, 11) is 5.70. The van der Waals surface area contributed by atoms with Crippen molar-refractivity contribution in [2.45, 2.75) is 31.2 Å². The van der Waals surface area contributed by atoms with Crippen LogP contribution in [0, 0.1) is 0 Å². The van der Waals surface area contributed by atoms with E-state index in [2.05, 4.69) is 0 Å². The Labute approximate surface area is 210 Å². The number of aryl methyl sites for hydroxylation is 1. The lowest BCUT2D eigenvalue weighted by Gasteiger charge is -2.26. The first kappa shape index (κ1) is 29.3. The molecule has 0 spiro atoms. The summed E-state index contributed by atoms with van der Waals surface area (Å²) in [6, 6.07) is 6.44. The van der Waals surface area contributed by atoms with E-state index in [-0.39, 0.29) is 35.2 Å². The van der Waals surface area contributed by atoms with Crippen LogP contribution in [0.3, 0.4) is 0 Å². The van der Waals surface area contributed by atoms with E-state index in [0.29, 0.717) is 24.3 Å². The molecular weight excluding hydrogens is 476 g/mol. The first-order valence-corrected chi connectivity index (χ1v) is 11.4. The maximum Gasteiger partial charge on any atom is 0.204 e. The number of ether oxygens (including phenoxy) is 6. The number of hydrogen-bond acceptors (Lipinski definition) is 11. The molecule has 0 radical (unpaired) electrons. The molecule has 0 aliphatic heterocycles. The predicted octanol–water partition coefficient (Wildman–Crippen LogP) is 0.851. The summed E-state index contributed by atoms with van der Waals surface area (Å²) in [5, 5.41) is 49.0. The van der Waals surface area contributed by atoms with Crippen molar-refractivity contribution in [2.75, 3.05) is 54.9 Å². The van der Waals surface area contributed by atoms with Gasteiger partial charge in [-0.1, -0.05) is 0 Å². The van der Waals surface area contributed by atoms with E-state index in [9.17, 15) is 20.4 Å². The van der Waals surface area contributed by atoms with E-state index in [0.717, 1.165) is 5.56 Å². The molecular formula is C25H36O11. The average Bonchev–Trinajstić information content (AvgIpc) is 2.92. The third kappa shape index (κ3) is 7.05. The fourth-order valence-corrected chi connectivity index (χ4v) is 3.53. The van der Waals surface area contributed by atoms with E-state index >= 15 is 0 Å². The van der Waals surface area contributed by atoms with E-state index in [1.165, 1.54) is 40.6 Å². The SMILES string of the molecule is COc1cc(C(O)C(CO)Oc2c(OC)cc(CCCO)cc2OC)cc(OC)c1OC(CO)CO. The fourth-order valence-electron chi connectivity index (χ4n) is 3.53. The molecule has 0 fully saturated rings. The maximum absolute atomic E-state index is 11.1. The third-order valence-electron chi connectivity index (χ3n) is 5.46. The Morgan fingerprint density at radius 1 is 0.667 bits per heavy atom. The standard InChI is InChI=1S/C25H36O11/c1-31-18-8-15(6-5-7-26)9-19(32-2)25(18)36-22(14-29)23(30)16-10-20(33-3)24(21(11-16)34-4)35-17(12-27)13-28/h8-11,17,22-23,26-30H,5-7,12-14H2,1-4H3. The molecule has 2 aromatic rings. The molecule has 0 bridgehead atoms. The van der Waals surface area contributed by atoms with Crippen LogP contribution in [-0.4, -0.2) is 92.6 Å². The highest BCUT2D eigenvalue weighted by molar-refractivity contribution is 5.56. The summed E-state index contributed by atoms with van der Waals surface area (Å²) in [6.45, 7) is -1.38. The number of benzene rings is 2. The maximum atomic E-state index is 11.1. The molecule has 0 saturated heterocycles. The molecule has 202 valence electrons. The number of hydrogen-bond donors (Lipinski definition) is 5. The van der Waals surface area contributed by atoms with E-state index in [1.807, 2.05) is 0 Å². The van der Waals surface area contributed by atoms with Crippen LogP contribution in [0.25, 0.3) is 0 Å². The van der Waals surface area contributed by atoms with Gasteiger partial charge in [0.2, 0.25) is 11.5 Å². The summed E-state index contributed by atoms with van der Waals surface area (Å²) in [5.41, 5.74) is 1.15. The van der Waals surface area contributed by atoms with Crippen LogP contribution in [-0.2, 0) is 6.42 Å². The van der Waals surface area contributed by atoms with Crippen molar-refractivity contribution in [1.29, 1.82) is 0 Å². The Morgan fingerprint density at radius 2 is 1.14 bits per heavy atom. The molecule has 36 heavy (non-hydrogen) atoms. The van der Waals surface area contributed by atoms with Crippen molar-refractivity contribution in [1.82, 2.24) is 0 Å². The molecule has 2 aromatic carbocycles. The van der Waals surface area contributed by atoms with Gasteiger partial charge in [-0.3, -0.25) is 0 Å². The van der Waals surface area contributed by atoms with Gasteiger partial charge in [0.15, 0.2) is 29.1 Å². The lowest BCUT2D eigenvalue weighted by molar-refractivity contribution is -0.00195. The van der Waals surface area contributed by atoms with Gasteiger partial charge in [0.25, 0.3) is 0 Å². The largest absolute Gasteiger partial charge is 0.493 e. The third-order valence-corrected chi connectivity index (χ3v) is 5.46. The van der Waals surface area contributed by atoms with Crippen molar-refractivity contribution < 1.29 is 54.0 Å². The molecule has 0 aliphatic carbocycles. The summed E-state index contributed by atoms with van der Waals surface area (Å²) in [4.78, 5) is 0. The molecule has 0 aliphatic rings. The van der Waals surface area contributed by atoms with Crippen LogP contribution in [0.5, 0.6) is 34.5 Å². The summed E-state index contributed by atoms with van der Waals surface area (Å²) in [6.07, 6.45) is -2.23. The predicted molar refractivity (Wildman–Crippen MR) is 130 cm³/mol. The Hall–Kier alpha value is -2.96. The van der Waals surface area contributed by atoms with Crippen molar-refractivity contribution in [3.63, 3.8) is 0 Å². The van der Waals surface area contributed by atoms with Crippen LogP contribution in [0.15, 0.2) is 24.3 Å². The van der Waals surface area contributed by atoms with Crippen LogP contribution in [0.1, 0.15) is 23.7 Å². The highest BCUT2D eigenvalue weighted by Gasteiger charge is 2.29. The zero-order valence-corrected chi connectivity index (χ0v) is 21.0. The minimum absolute atomic E-state index is 0.0407. The Morgan fingerprint density at radius 3 is 1.56 bits per heavy atom. The molecule has 5 N–H and O–H groups in total. The molecule has 2 atom stereocenters. The highest BCUT2D eigenvalue weighted by Crippen LogP contribution is 2.43. The minimum atomic E-state index is -1.35. The average molecular weight is 513 g/mol. The molecule has 2 rings (SSSR count). The van der Waals surface area contributed by atoms with Crippen molar-refractivity contribution in [3.8, 4) is 34.5 Å². The van der Waals surface area contributed by atoms with Crippen molar-refractivity contribution in [3.05, 3.63) is 35.4 Å². The second-order valence-electron chi connectivity index (χ2n) is 7.80. The topological polar surface area (TPSA) is 157 Å². The van der Waals surface area contributed by atoms with Gasteiger partial charge in [0, 0.05) is 6.61 Å². The second-order valence-corrected chi connectivity index (χ2v) is 7.80. The molecule has 11 nitrogen and oxygen atoms in total. The van der Waals surface area contributed by atoms with Crippen molar-refractivity contribution >= 4 is 0 Å². The lowest BCUT2D eigenvalue weighted by atomic mass is 10.0. The summed E-state index contributed by atoms with van der Waals surface area (Å²) >= 11 is 0. The Balaban J connectivity index is 2.42. The van der Waals surface area contributed by atoms with Crippen LogP contribution >= 0.6 is 0 Å². The highest BCUT2D eigenvalue weighted by atomic mass is 16.6. The minimum Gasteiger partial charge on any atom is -0.493 e. The molecule has 0 aromatic heterocycles. The van der Waals surface area contributed by atoms with Gasteiger partial charge in [0.1, 0.15) is 12.2 Å². The zero-order valence-electron chi connectivity index (χ0n) is 21.0. The molecule has 0 amide bonds. The van der Waals surface area contributed by atoms with Crippen LogP contribution < -0.4 is 28.4 Å². The monoisotopic (exact) mass is 512 g/mol. The van der Waals surface area contributed by atoms with Gasteiger partial charge in [-0.25, -0.2) is 0 Å². The summed E-state index contributed by atoms with van der Waals surface area (Å²) < 4.78 is 33.3. The van der Waals surface area contributed by atoms with E-state index < -0.39 is 38.1 Å². The van der Waals surface area contributed by atoms with Gasteiger partial charge < -0.3 is 54.0 Å². The van der Waals surface area contributed by atoms with Gasteiger partial charge >= 0.3 is 0 Å². The van der Waals surface area contributed by atoms with Crippen molar-refractivity contribution in [2.24, 2.45) is 0 Å². The number of rotatable bonds is 16. The summed E-state index contributed by atoms with van der Waals surface area (Å²) in [5.74, 6) is 1.35. The van der Waals surface area contributed by atoms with Gasteiger partial charge in [-0.2, -0.15) is 0 Å². The molecule has 11 heteroatoms. The van der Waals surface area contributed by atoms with Crippen LogP contribution in [0.4, 0.5) is 0 Å². The van der Waals surface area contributed by atoms with Gasteiger partial charge in [-0.15, -0.1) is 0 Å². The first-order chi connectivity index (χ1) is 17.4. The van der Waals surface area contributed by atoms with Gasteiger partial charge in [-0.05, 0) is 48.2 Å². The lowest BCUT2D eigenvalue weighted by Crippen LogP contribution is -2.30. The zero-order chi connectivity index (χ0) is 26.7. The first-order valence-electron chi connectivity index (χ1n) is 11.4. The van der Waals surface area contributed by atoms with E-state index in [1.54, 1.807) is 12.1 Å². The molecule has 0 saturated carbocycles. The quantitative estimate of drug-likeness (QED) is 0.217. The molecule has 0 heterocycles. The smallest absolute Gasteiger partial charge is 0.204 e.